The summed E-state index contributed by atoms with van der Waals surface area (Å²) in [6.45, 7) is 6.19. The topological polar surface area (TPSA) is 0 Å². The van der Waals surface area contributed by atoms with Crippen LogP contribution >= 0.6 is 11.6 Å². The fraction of sp³-hybridized carbons (Fsp3) is 0.176. The van der Waals surface area contributed by atoms with Gasteiger partial charge >= 0.3 is 0 Å². The van der Waals surface area contributed by atoms with Crippen molar-refractivity contribution in [3.8, 4) is 11.1 Å². The lowest BCUT2D eigenvalue weighted by Crippen LogP contribution is -1.91. The highest BCUT2D eigenvalue weighted by atomic mass is 35.5. The molecule has 18 heavy (non-hydrogen) atoms. The summed E-state index contributed by atoms with van der Waals surface area (Å²) in [6, 6.07) is 12.6. The molecule has 0 spiro atoms. The van der Waals surface area contributed by atoms with Crippen molar-refractivity contribution in [2.75, 3.05) is 0 Å². The SMILES string of the molecule is CC=Cc1c(C)cc(-c2ccccc2)c(C)c1Cl. The third-order valence-electron chi connectivity index (χ3n) is 3.17. The maximum atomic E-state index is 6.48. The summed E-state index contributed by atoms with van der Waals surface area (Å²) in [5, 5.41) is 0.854. The molecule has 2 rings (SSSR count). The zero-order valence-electron chi connectivity index (χ0n) is 11.0. The summed E-state index contributed by atoms with van der Waals surface area (Å²) < 4.78 is 0. The van der Waals surface area contributed by atoms with E-state index in [1.54, 1.807) is 0 Å². The van der Waals surface area contributed by atoms with Gasteiger partial charge in [0.1, 0.15) is 0 Å². The first-order chi connectivity index (χ1) is 8.65. The lowest BCUT2D eigenvalue weighted by Gasteiger charge is -2.13. The van der Waals surface area contributed by atoms with Gasteiger partial charge in [0.05, 0.1) is 5.02 Å². The van der Waals surface area contributed by atoms with Gasteiger partial charge in [-0.25, -0.2) is 0 Å². The largest absolute Gasteiger partial charge is 0.0870 e. The summed E-state index contributed by atoms with van der Waals surface area (Å²) >= 11 is 6.48. The summed E-state index contributed by atoms with van der Waals surface area (Å²) in [5.74, 6) is 0. The molecule has 0 saturated carbocycles. The highest BCUT2D eigenvalue weighted by molar-refractivity contribution is 6.33. The van der Waals surface area contributed by atoms with Crippen LogP contribution in [0.4, 0.5) is 0 Å². The second-order valence-corrected chi connectivity index (χ2v) is 4.84. The lowest BCUT2D eigenvalue weighted by molar-refractivity contribution is 1.37. The number of hydrogen-bond donors (Lipinski definition) is 0. The van der Waals surface area contributed by atoms with Gasteiger partial charge in [0.25, 0.3) is 0 Å². The minimum Gasteiger partial charge on any atom is -0.0870 e. The zero-order valence-corrected chi connectivity index (χ0v) is 11.8. The van der Waals surface area contributed by atoms with Crippen LogP contribution in [0.15, 0.2) is 42.5 Å². The van der Waals surface area contributed by atoms with Gasteiger partial charge in [-0.2, -0.15) is 0 Å². The average molecular weight is 257 g/mol. The lowest BCUT2D eigenvalue weighted by atomic mass is 9.94. The van der Waals surface area contributed by atoms with Gasteiger partial charge in [0, 0.05) is 0 Å². The molecule has 2 aromatic carbocycles. The van der Waals surface area contributed by atoms with Crippen molar-refractivity contribution < 1.29 is 0 Å². The van der Waals surface area contributed by atoms with Crippen molar-refractivity contribution >= 4 is 17.7 Å². The summed E-state index contributed by atoms with van der Waals surface area (Å²) in [6.07, 6.45) is 4.09. The Bertz CT molecular complexity index is 580. The van der Waals surface area contributed by atoms with Crippen LogP contribution in [0.25, 0.3) is 17.2 Å². The monoisotopic (exact) mass is 256 g/mol. The molecule has 0 saturated heterocycles. The summed E-state index contributed by atoms with van der Waals surface area (Å²) in [5.41, 5.74) is 5.90. The van der Waals surface area contributed by atoms with E-state index in [2.05, 4.69) is 50.3 Å². The van der Waals surface area contributed by atoms with Crippen LogP contribution in [-0.4, -0.2) is 0 Å². The van der Waals surface area contributed by atoms with Crippen molar-refractivity contribution in [3.05, 3.63) is 64.2 Å². The van der Waals surface area contributed by atoms with E-state index in [0.717, 1.165) is 16.1 Å². The quantitative estimate of drug-likeness (QED) is 0.651. The van der Waals surface area contributed by atoms with Gasteiger partial charge in [-0.1, -0.05) is 60.2 Å². The average Bonchev–Trinajstić information content (AvgIpc) is 2.40. The van der Waals surface area contributed by atoms with Crippen LogP contribution < -0.4 is 0 Å². The molecule has 0 aliphatic rings. The Hall–Kier alpha value is -1.53. The van der Waals surface area contributed by atoms with E-state index in [9.17, 15) is 0 Å². The Balaban J connectivity index is 2.66. The van der Waals surface area contributed by atoms with E-state index in [4.69, 9.17) is 11.6 Å². The molecule has 0 aromatic heterocycles. The molecular weight excluding hydrogens is 240 g/mol. The standard InChI is InChI=1S/C17H17Cl/c1-4-8-15-12(2)11-16(13(3)17(15)18)14-9-6-5-7-10-14/h4-11H,1-3H3. The van der Waals surface area contributed by atoms with Crippen molar-refractivity contribution in [1.82, 2.24) is 0 Å². The molecule has 0 aliphatic carbocycles. The number of hydrogen-bond acceptors (Lipinski definition) is 0. The Morgan fingerprint density at radius 1 is 1.06 bits per heavy atom. The van der Waals surface area contributed by atoms with E-state index < -0.39 is 0 Å². The van der Waals surface area contributed by atoms with Gasteiger partial charge in [-0.05, 0) is 48.6 Å². The minimum absolute atomic E-state index is 0.854. The predicted octanol–water partition coefficient (Wildman–Crippen LogP) is 5.66. The van der Waals surface area contributed by atoms with Crippen LogP contribution in [0.3, 0.4) is 0 Å². The molecule has 0 heterocycles. The predicted molar refractivity (Wildman–Crippen MR) is 81.1 cm³/mol. The molecule has 1 heteroatoms. The van der Waals surface area contributed by atoms with Gasteiger partial charge in [0.15, 0.2) is 0 Å². The highest BCUT2D eigenvalue weighted by Crippen LogP contribution is 2.34. The van der Waals surface area contributed by atoms with Crippen LogP contribution in [0.1, 0.15) is 23.6 Å². The smallest absolute Gasteiger partial charge is 0.0516 e. The highest BCUT2D eigenvalue weighted by Gasteiger charge is 2.10. The Kier molecular flexibility index (Phi) is 3.88. The Labute approximate surface area is 114 Å². The van der Waals surface area contributed by atoms with Crippen LogP contribution in [-0.2, 0) is 0 Å². The Morgan fingerprint density at radius 3 is 2.33 bits per heavy atom. The number of halogens is 1. The van der Waals surface area contributed by atoms with Crippen LogP contribution in [0, 0.1) is 13.8 Å². The molecule has 0 bridgehead atoms. The molecule has 0 radical (unpaired) electrons. The van der Waals surface area contributed by atoms with E-state index in [1.807, 2.05) is 19.1 Å². The van der Waals surface area contributed by atoms with Crippen molar-refractivity contribution in [1.29, 1.82) is 0 Å². The maximum absolute atomic E-state index is 6.48. The van der Waals surface area contributed by atoms with Crippen molar-refractivity contribution in [3.63, 3.8) is 0 Å². The first-order valence-electron chi connectivity index (χ1n) is 6.13. The van der Waals surface area contributed by atoms with Crippen molar-refractivity contribution in [2.24, 2.45) is 0 Å². The second kappa shape index (κ2) is 5.41. The molecule has 0 aliphatic heterocycles. The first kappa shape index (κ1) is 12.9. The molecule has 0 amide bonds. The third-order valence-corrected chi connectivity index (χ3v) is 3.66. The van der Waals surface area contributed by atoms with E-state index in [1.165, 1.54) is 16.7 Å². The van der Waals surface area contributed by atoms with E-state index >= 15 is 0 Å². The van der Waals surface area contributed by atoms with Gasteiger partial charge in [0.2, 0.25) is 0 Å². The molecule has 0 atom stereocenters. The van der Waals surface area contributed by atoms with Gasteiger partial charge in [-0.3, -0.25) is 0 Å². The molecule has 0 unspecified atom stereocenters. The molecule has 0 fully saturated rings. The van der Waals surface area contributed by atoms with Crippen LogP contribution in [0.5, 0.6) is 0 Å². The molecular formula is C17H17Cl. The number of benzene rings is 2. The third kappa shape index (κ3) is 2.34. The number of allylic oxidation sites excluding steroid dienone is 1. The molecule has 0 nitrogen and oxygen atoms in total. The second-order valence-electron chi connectivity index (χ2n) is 4.46. The fourth-order valence-corrected chi connectivity index (χ4v) is 2.50. The van der Waals surface area contributed by atoms with E-state index in [0.29, 0.717) is 0 Å². The van der Waals surface area contributed by atoms with Gasteiger partial charge in [-0.15, -0.1) is 0 Å². The normalized spacial score (nSPS) is 11.1. The zero-order chi connectivity index (χ0) is 13.1. The molecule has 92 valence electrons. The maximum Gasteiger partial charge on any atom is 0.0516 e. The summed E-state index contributed by atoms with van der Waals surface area (Å²) in [7, 11) is 0. The van der Waals surface area contributed by atoms with Crippen LogP contribution in [0.2, 0.25) is 5.02 Å². The Morgan fingerprint density at radius 2 is 1.72 bits per heavy atom. The minimum atomic E-state index is 0.854. The molecule has 2 aromatic rings. The number of rotatable bonds is 2. The van der Waals surface area contributed by atoms with E-state index in [-0.39, 0.29) is 0 Å². The summed E-state index contributed by atoms with van der Waals surface area (Å²) in [4.78, 5) is 0. The van der Waals surface area contributed by atoms with Crippen molar-refractivity contribution in [2.45, 2.75) is 20.8 Å². The number of aryl methyl sites for hydroxylation is 1. The fourth-order valence-electron chi connectivity index (χ4n) is 2.18. The van der Waals surface area contributed by atoms with Gasteiger partial charge < -0.3 is 0 Å². The first-order valence-corrected chi connectivity index (χ1v) is 6.50. The molecule has 0 N–H and O–H groups in total.